The second-order valence-electron chi connectivity index (χ2n) is 15.4. The van der Waals surface area contributed by atoms with Crippen LogP contribution in [-0.2, 0) is 20.1 Å². The van der Waals surface area contributed by atoms with Crippen LogP contribution in [0.3, 0.4) is 0 Å². The molecule has 1 radical (unpaired) electrons. The molecule has 58 heavy (non-hydrogen) atoms. The van der Waals surface area contributed by atoms with Crippen LogP contribution in [0.25, 0.3) is 55.4 Å². The van der Waals surface area contributed by atoms with Crippen molar-refractivity contribution in [2.24, 2.45) is 4.99 Å². The van der Waals surface area contributed by atoms with Gasteiger partial charge in [0.1, 0.15) is 5.58 Å². The van der Waals surface area contributed by atoms with Crippen molar-refractivity contribution in [3.05, 3.63) is 210 Å². The zero-order valence-corrected chi connectivity index (χ0v) is 36.9. The van der Waals surface area contributed by atoms with Gasteiger partial charge in [-0.1, -0.05) is 126 Å². The molecule has 5 heteroatoms. The Bertz CT molecular complexity index is 2880. The predicted octanol–water partition coefficient (Wildman–Crippen LogP) is 13.4. The summed E-state index contributed by atoms with van der Waals surface area (Å²) in [6.45, 7) is -2.08. The summed E-state index contributed by atoms with van der Waals surface area (Å²) < 4.78 is 29.9. The Labute approximate surface area is 361 Å². The van der Waals surface area contributed by atoms with E-state index in [0.29, 0.717) is 5.56 Å². The summed E-state index contributed by atoms with van der Waals surface area (Å²) in [7, 11) is 0. The second-order valence-corrected chi connectivity index (χ2v) is 26.0. The maximum absolute atomic E-state index is 7.35. The smallest absolute Gasteiger partial charge is 0.120 e. The van der Waals surface area contributed by atoms with Gasteiger partial charge in [0.2, 0.25) is 0 Å². The zero-order chi connectivity index (χ0) is 41.4. The van der Waals surface area contributed by atoms with E-state index in [-0.39, 0.29) is 26.0 Å². The topological polar surface area (TPSA) is 38.4 Å². The summed E-state index contributed by atoms with van der Waals surface area (Å²) in [5.74, 6) is 6.88. The Morgan fingerprint density at radius 1 is 0.655 bits per heavy atom. The Hall–Kier alpha value is -5.65. The molecule has 10 rings (SSSR count). The molecule has 1 aliphatic heterocycles. The summed E-state index contributed by atoms with van der Waals surface area (Å²) in [5.41, 5.74) is 13.8. The number of rotatable bonds is 6. The SMILES string of the molecule is [2H]C([2H])([2H])c1c[c-]c(-c2cc[c]([Ge]([CH3])([CH3])[CH3])cn2)cc1.[Ir].[c-]1ccc2c(oc3ccccc32)c1C1=Nc2ccccc2C1c1c(-c2ccccc2)cccc1-c1ccccc1. The summed E-state index contributed by atoms with van der Waals surface area (Å²) in [4.78, 5) is 9.78. The van der Waals surface area contributed by atoms with Crippen LogP contribution in [0.1, 0.15) is 32.3 Å². The first-order valence-corrected chi connectivity index (χ1v) is 26.6. The molecule has 0 saturated carbocycles. The van der Waals surface area contributed by atoms with Crippen molar-refractivity contribution in [3.63, 3.8) is 0 Å². The average molecular weight is 991 g/mol. The van der Waals surface area contributed by atoms with E-state index in [2.05, 4.69) is 162 Å². The molecule has 285 valence electrons. The third-order valence-corrected chi connectivity index (χ3v) is 14.9. The molecule has 1 aliphatic rings. The molecule has 9 aromatic rings. The molecule has 0 amide bonds. The molecule has 0 fully saturated rings. The average Bonchev–Trinajstić information content (AvgIpc) is 3.85. The van der Waals surface area contributed by atoms with Crippen molar-refractivity contribution in [2.45, 2.75) is 30.0 Å². The molecule has 7 aromatic carbocycles. The van der Waals surface area contributed by atoms with Crippen molar-refractivity contribution < 1.29 is 28.6 Å². The molecule has 3 nitrogen and oxygen atoms in total. The van der Waals surface area contributed by atoms with Gasteiger partial charge in [0.25, 0.3) is 0 Å². The van der Waals surface area contributed by atoms with Gasteiger partial charge >= 0.3 is 110 Å². The van der Waals surface area contributed by atoms with Crippen LogP contribution >= 0.6 is 0 Å². The molecule has 2 aromatic heterocycles. The quantitative estimate of drug-likeness (QED) is 0.123. The molecule has 0 bridgehead atoms. The van der Waals surface area contributed by atoms with Gasteiger partial charge in [0.15, 0.2) is 0 Å². The van der Waals surface area contributed by atoms with Gasteiger partial charge < -0.3 is 4.42 Å². The summed E-state index contributed by atoms with van der Waals surface area (Å²) in [5, 5.41) is 2.19. The van der Waals surface area contributed by atoms with Gasteiger partial charge in [-0.3, -0.25) is 4.99 Å². The van der Waals surface area contributed by atoms with Crippen LogP contribution in [0, 0.1) is 19.0 Å². The predicted molar refractivity (Wildman–Crippen MR) is 241 cm³/mol. The minimum absolute atomic E-state index is 0. The molecule has 0 N–H and O–H groups in total. The Balaban J connectivity index is 0.000000208. The minimum Gasteiger partial charge on any atom is -0.501 e. The van der Waals surface area contributed by atoms with E-state index in [1.54, 1.807) is 12.1 Å². The van der Waals surface area contributed by atoms with E-state index >= 15 is 0 Å². The van der Waals surface area contributed by atoms with Gasteiger partial charge in [-0.25, -0.2) is 0 Å². The maximum atomic E-state index is 7.35. The van der Waals surface area contributed by atoms with E-state index in [1.807, 2.05) is 30.5 Å². The van der Waals surface area contributed by atoms with Gasteiger partial charge in [0, 0.05) is 31.4 Å². The molecule has 0 aliphatic carbocycles. The normalized spacial score (nSPS) is 14.3. The third kappa shape index (κ3) is 7.68. The van der Waals surface area contributed by atoms with Gasteiger partial charge in [0.05, 0.1) is 11.3 Å². The van der Waals surface area contributed by atoms with Gasteiger partial charge in [-0.05, 0) is 51.2 Å². The van der Waals surface area contributed by atoms with Crippen LogP contribution in [0.4, 0.5) is 5.69 Å². The number of hydrogen-bond acceptors (Lipinski definition) is 3. The van der Waals surface area contributed by atoms with E-state index in [9.17, 15) is 0 Å². The first-order valence-electron chi connectivity index (χ1n) is 20.8. The molecular formula is C53H42GeIrN2O-2. The number of aryl methyl sites for hydroxylation is 1. The van der Waals surface area contributed by atoms with Crippen molar-refractivity contribution in [3.8, 4) is 33.5 Å². The molecule has 1 atom stereocenters. The van der Waals surface area contributed by atoms with Crippen molar-refractivity contribution in [1.29, 1.82) is 0 Å². The molecular weight excluding hydrogens is 945 g/mol. The van der Waals surface area contributed by atoms with Crippen LogP contribution in [0.15, 0.2) is 185 Å². The number of pyridine rings is 1. The van der Waals surface area contributed by atoms with Crippen LogP contribution < -0.4 is 4.40 Å². The Morgan fingerprint density at radius 3 is 2.00 bits per heavy atom. The number of hydrogen-bond donors (Lipinski definition) is 0. The first kappa shape index (κ1) is 35.5. The Kier molecular flexibility index (Phi) is 10.2. The van der Waals surface area contributed by atoms with E-state index in [0.717, 1.165) is 50.2 Å². The van der Waals surface area contributed by atoms with Crippen molar-refractivity contribution in [1.82, 2.24) is 4.98 Å². The van der Waals surface area contributed by atoms with Crippen LogP contribution in [0.5, 0.6) is 0 Å². The number of furan rings is 1. The maximum Gasteiger partial charge on any atom is 0.120 e. The van der Waals surface area contributed by atoms with Crippen molar-refractivity contribution in [2.75, 3.05) is 0 Å². The van der Waals surface area contributed by atoms with E-state index < -0.39 is 20.1 Å². The minimum atomic E-state index is -2.08. The van der Waals surface area contributed by atoms with E-state index in [1.165, 1.54) is 43.8 Å². The van der Waals surface area contributed by atoms with Crippen LogP contribution in [0.2, 0.25) is 17.3 Å². The fourth-order valence-electron chi connectivity index (χ4n) is 7.74. The van der Waals surface area contributed by atoms with Crippen LogP contribution in [-0.4, -0.2) is 24.0 Å². The molecule has 0 saturated heterocycles. The largest absolute Gasteiger partial charge is 0.501 e. The summed E-state index contributed by atoms with van der Waals surface area (Å²) >= 11 is -1.83. The Morgan fingerprint density at radius 2 is 1.34 bits per heavy atom. The number of benzene rings is 7. The zero-order valence-electron chi connectivity index (χ0n) is 35.5. The summed E-state index contributed by atoms with van der Waals surface area (Å²) in [6, 6.07) is 64.4. The number of aromatic nitrogens is 1. The standard InChI is InChI=1S/C38H24NO.C15H18GeN.Ir/c1-3-13-25(14-4-1)27-19-11-20-28(26-15-5-2-6-16-26)35(27)36-31-18-7-9-23-33(31)39-37(36)32-22-12-21-30-29-17-8-10-24-34(29)40-38(30)32;1-12-5-7-13(8-6-12)15-10-9-14(11-17-15)16(2,3)4;/h1-21,23-24,36H;5-7,9-11H,1-4H3;/q2*-1;/i;1D3;. The number of para-hydroxylation sites is 2. The number of nitrogens with zero attached hydrogens (tertiary/aromatic N) is 2. The third-order valence-electron chi connectivity index (χ3n) is 10.6. The number of aliphatic imine (C=N–C) groups is 1. The molecule has 1 unspecified atom stereocenters. The first-order chi connectivity index (χ1) is 29.0. The molecule has 0 spiro atoms. The number of fused-ring (bicyclic) bond motifs is 4. The van der Waals surface area contributed by atoms with Crippen molar-refractivity contribution >= 4 is 51.0 Å². The molecule has 3 heterocycles. The van der Waals surface area contributed by atoms with Gasteiger partial charge in [-0.2, -0.15) is 0 Å². The van der Waals surface area contributed by atoms with E-state index in [4.69, 9.17) is 13.5 Å². The monoisotopic (exact) mass is 992 g/mol. The second kappa shape index (κ2) is 16.7. The van der Waals surface area contributed by atoms with Gasteiger partial charge in [-0.15, -0.1) is 18.2 Å². The fourth-order valence-corrected chi connectivity index (χ4v) is 9.92. The fraction of sp³-hybridized carbons (Fsp3) is 0.0943. The summed E-state index contributed by atoms with van der Waals surface area (Å²) in [6.07, 6.45) is 1.95.